The topological polar surface area (TPSA) is 40.5 Å². The molecule has 1 saturated carbocycles. The summed E-state index contributed by atoms with van der Waals surface area (Å²) in [7, 11) is 0. The highest BCUT2D eigenvalue weighted by atomic mass is 19.1. The van der Waals surface area contributed by atoms with Crippen molar-refractivity contribution in [3.8, 4) is 0 Å². The monoisotopic (exact) mass is 295 g/mol. The number of fused-ring (bicyclic) bond motifs is 1. The second kappa shape index (κ2) is 5.62. The number of carbonyl (C=O) groups is 1. The highest BCUT2D eigenvalue weighted by Crippen LogP contribution is 2.39. The summed E-state index contributed by atoms with van der Waals surface area (Å²) in [6, 6.07) is 2.03. The van der Waals surface area contributed by atoms with E-state index in [1.807, 2.05) is 4.90 Å². The van der Waals surface area contributed by atoms with E-state index in [0.717, 1.165) is 44.2 Å². The largest absolute Gasteiger partial charge is 0.478 e. The van der Waals surface area contributed by atoms with Gasteiger partial charge in [0.25, 0.3) is 0 Å². The lowest BCUT2D eigenvalue weighted by molar-refractivity contribution is 0.0695. The number of hydrogen-bond donors (Lipinski definition) is 1. The van der Waals surface area contributed by atoms with E-state index in [-0.39, 0.29) is 17.3 Å². The summed E-state index contributed by atoms with van der Waals surface area (Å²) in [5, 5.41) is 8.88. The van der Waals surface area contributed by atoms with Crippen LogP contribution in [0.2, 0.25) is 0 Å². The van der Waals surface area contributed by atoms with E-state index in [4.69, 9.17) is 5.11 Å². The SMILES string of the molecule is O=C(O)c1cc(F)c(N2CCCC3CCCCC32)c(F)c1. The Kier molecular flexibility index (Phi) is 3.83. The van der Waals surface area contributed by atoms with Gasteiger partial charge in [-0.1, -0.05) is 12.8 Å². The molecular formula is C16H19F2NO2. The Labute approximate surface area is 122 Å². The average molecular weight is 295 g/mol. The Morgan fingerprint density at radius 3 is 2.38 bits per heavy atom. The molecule has 2 unspecified atom stereocenters. The van der Waals surface area contributed by atoms with Crippen LogP contribution in [0.1, 0.15) is 48.9 Å². The van der Waals surface area contributed by atoms with E-state index in [1.54, 1.807) is 0 Å². The minimum Gasteiger partial charge on any atom is -0.478 e. The molecule has 2 aliphatic rings. The Bertz CT molecular complexity index is 536. The van der Waals surface area contributed by atoms with E-state index < -0.39 is 17.6 Å². The van der Waals surface area contributed by atoms with Crippen LogP contribution >= 0.6 is 0 Å². The van der Waals surface area contributed by atoms with Crippen LogP contribution in [0.3, 0.4) is 0 Å². The summed E-state index contributed by atoms with van der Waals surface area (Å²) < 4.78 is 28.5. The predicted molar refractivity (Wildman–Crippen MR) is 75.6 cm³/mol. The molecule has 0 amide bonds. The Hall–Kier alpha value is -1.65. The smallest absolute Gasteiger partial charge is 0.335 e. The lowest BCUT2D eigenvalue weighted by atomic mass is 9.78. The first-order valence-electron chi connectivity index (χ1n) is 7.57. The fraction of sp³-hybridized carbons (Fsp3) is 0.562. The third kappa shape index (κ3) is 2.61. The predicted octanol–water partition coefficient (Wildman–Crippen LogP) is 3.82. The molecule has 114 valence electrons. The van der Waals surface area contributed by atoms with Crippen LogP contribution in [0.4, 0.5) is 14.5 Å². The second-order valence-electron chi connectivity index (χ2n) is 6.04. The van der Waals surface area contributed by atoms with Crippen LogP contribution in [0.25, 0.3) is 0 Å². The molecule has 0 radical (unpaired) electrons. The summed E-state index contributed by atoms with van der Waals surface area (Å²) >= 11 is 0. The Morgan fingerprint density at radius 2 is 1.71 bits per heavy atom. The van der Waals surface area contributed by atoms with Crippen molar-refractivity contribution in [2.45, 2.75) is 44.6 Å². The van der Waals surface area contributed by atoms with Crippen LogP contribution in [0, 0.1) is 17.6 Å². The van der Waals surface area contributed by atoms with E-state index >= 15 is 0 Å². The minimum absolute atomic E-state index is 0.0448. The number of hydrogen-bond acceptors (Lipinski definition) is 2. The number of carboxylic acid groups (broad SMARTS) is 1. The van der Waals surface area contributed by atoms with Gasteiger partial charge in [-0.3, -0.25) is 0 Å². The molecule has 21 heavy (non-hydrogen) atoms. The standard InChI is InChI=1S/C16H19F2NO2/c17-12-8-11(16(20)21)9-13(18)15(12)19-7-3-5-10-4-1-2-6-14(10)19/h8-10,14H,1-7H2,(H,20,21). The van der Waals surface area contributed by atoms with Crippen molar-refractivity contribution < 1.29 is 18.7 Å². The van der Waals surface area contributed by atoms with Crippen molar-refractivity contribution in [3.05, 3.63) is 29.3 Å². The van der Waals surface area contributed by atoms with Crippen molar-refractivity contribution in [1.82, 2.24) is 0 Å². The van der Waals surface area contributed by atoms with E-state index in [9.17, 15) is 13.6 Å². The van der Waals surface area contributed by atoms with Crippen LogP contribution < -0.4 is 4.90 Å². The van der Waals surface area contributed by atoms with Gasteiger partial charge in [0.1, 0.15) is 17.3 Å². The molecule has 2 atom stereocenters. The van der Waals surface area contributed by atoms with Crippen LogP contribution in [0.5, 0.6) is 0 Å². The minimum atomic E-state index is -1.31. The number of rotatable bonds is 2. The van der Waals surface area contributed by atoms with Gasteiger partial charge in [-0.15, -0.1) is 0 Å². The second-order valence-corrected chi connectivity index (χ2v) is 6.04. The van der Waals surface area contributed by atoms with Gasteiger partial charge in [-0.2, -0.15) is 0 Å². The van der Waals surface area contributed by atoms with E-state index in [0.29, 0.717) is 12.5 Å². The van der Waals surface area contributed by atoms with E-state index in [1.165, 1.54) is 6.42 Å². The maximum absolute atomic E-state index is 14.3. The average Bonchev–Trinajstić information content (AvgIpc) is 2.46. The Morgan fingerprint density at radius 1 is 1.10 bits per heavy atom. The number of halogens is 2. The summed E-state index contributed by atoms with van der Waals surface area (Å²) in [5.41, 5.74) is -0.387. The zero-order chi connectivity index (χ0) is 15.0. The molecule has 0 bridgehead atoms. The molecule has 2 fully saturated rings. The molecule has 5 heteroatoms. The molecule has 1 saturated heterocycles. The molecule has 0 spiro atoms. The highest BCUT2D eigenvalue weighted by molar-refractivity contribution is 5.88. The molecular weight excluding hydrogens is 276 g/mol. The fourth-order valence-corrected chi connectivity index (χ4v) is 3.87. The number of piperidine rings is 1. The van der Waals surface area contributed by atoms with Gasteiger partial charge in [0.15, 0.2) is 0 Å². The zero-order valence-electron chi connectivity index (χ0n) is 11.8. The van der Waals surface area contributed by atoms with Gasteiger partial charge in [-0.05, 0) is 43.7 Å². The fourth-order valence-electron chi connectivity index (χ4n) is 3.87. The van der Waals surface area contributed by atoms with Crippen molar-refractivity contribution in [2.24, 2.45) is 5.92 Å². The number of benzene rings is 1. The van der Waals surface area contributed by atoms with Gasteiger partial charge >= 0.3 is 5.97 Å². The van der Waals surface area contributed by atoms with E-state index in [2.05, 4.69) is 0 Å². The van der Waals surface area contributed by atoms with Crippen LogP contribution in [0.15, 0.2) is 12.1 Å². The van der Waals surface area contributed by atoms with Crippen LogP contribution in [-0.4, -0.2) is 23.7 Å². The third-order valence-electron chi connectivity index (χ3n) is 4.79. The normalized spacial score (nSPS) is 25.5. The maximum atomic E-state index is 14.3. The number of carboxylic acids is 1. The Balaban J connectivity index is 1.97. The number of nitrogens with zero attached hydrogens (tertiary/aromatic N) is 1. The first-order chi connectivity index (χ1) is 10.1. The number of anilines is 1. The van der Waals surface area contributed by atoms with Gasteiger partial charge < -0.3 is 10.0 Å². The maximum Gasteiger partial charge on any atom is 0.335 e. The van der Waals surface area contributed by atoms with Crippen molar-refractivity contribution >= 4 is 11.7 Å². The molecule has 1 aromatic rings. The molecule has 1 aliphatic carbocycles. The van der Waals surface area contributed by atoms with Crippen LogP contribution in [-0.2, 0) is 0 Å². The summed E-state index contributed by atoms with van der Waals surface area (Å²) in [6.45, 7) is 0.640. The van der Waals surface area contributed by atoms with Crippen molar-refractivity contribution in [2.75, 3.05) is 11.4 Å². The highest BCUT2D eigenvalue weighted by Gasteiger charge is 2.35. The zero-order valence-corrected chi connectivity index (χ0v) is 11.8. The quantitative estimate of drug-likeness (QED) is 0.901. The number of aromatic carboxylic acids is 1. The lowest BCUT2D eigenvalue weighted by Crippen LogP contribution is -2.47. The molecule has 1 N–H and O–H groups in total. The summed E-state index contributed by atoms with van der Waals surface area (Å²) in [6.07, 6.45) is 6.42. The summed E-state index contributed by atoms with van der Waals surface area (Å²) in [5.74, 6) is -2.34. The molecule has 3 rings (SSSR count). The summed E-state index contributed by atoms with van der Waals surface area (Å²) in [4.78, 5) is 12.7. The lowest BCUT2D eigenvalue weighted by Gasteiger charge is -2.45. The first kappa shape index (κ1) is 14.3. The van der Waals surface area contributed by atoms with Gasteiger partial charge in [0, 0.05) is 12.6 Å². The first-order valence-corrected chi connectivity index (χ1v) is 7.57. The molecule has 3 nitrogen and oxygen atoms in total. The van der Waals surface area contributed by atoms with Gasteiger partial charge in [0.05, 0.1) is 5.56 Å². The molecule has 1 aliphatic heterocycles. The van der Waals surface area contributed by atoms with Gasteiger partial charge in [0.2, 0.25) is 0 Å². The molecule has 1 aromatic carbocycles. The van der Waals surface area contributed by atoms with Crippen molar-refractivity contribution in [3.63, 3.8) is 0 Å². The van der Waals surface area contributed by atoms with Gasteiger partial charge in [-0.25, -0.2) is 13.6 Å². The third-order valence-corrected chi connectivity index (χ3v) is 4.79. The molecule has 1 heterocycles. The molecule has 0 aromatic heterocycles. The van der Waals surface area contributed by atoms with Crippen molar-refractivity contribution in [1.29, 1.82) is 0 Å².